The van der Waals surface area contributed by atoms with Gasteiger partial charge in [-0.3, -0.25) is 14.3 Å². The summed E-state index contributed by atoms with van der Waals surface area (Å²) in [6.45, 7) is 3.73. The van der Waals surface area contributed by atoms with Crippen molar-refractivity contribution in [2.45, 2.75) is 31.9 Å². The van der Waals surface area contributed by atoms with Gasteiger partial charge in [0.2, 0.25) is 0 Å². The number of benzene rings is 3. The number of ether oxygens (including phenoxy) is 1. The number of methoxy groups -OCH3 is 1. The van der Waals surface area contributed by atoms with E-state index in [1.165, 1.54) is 72.8 Å². The number of nitrogens with one attached hydrogen (secondary N) is 1. The van der Waals surface area contributed by atoms with Gasteiger partial charge in [-0.1, -0.05) is 42.5 Å². The Hall–Kier alpha value is -5.04. The second-order valence-electron chi connectivity index (χ2n) is 9.48. The fourth-order valence-electron chi connectivity index (χ4n) is 4.82. The highest BCUT2D eigenvalue weighted by atomic mass is 19.3. The molecule has 2 amide bonds. The molecule has 0 saturated heterocycles. The number of nitrogens with zero attached hydrogens (tertiary/aromatic N) is 4. The van der Waals surface area contributed by atoms with Crippen LogP contribution >= 0.6 is 0 Å². The number of alkyl halides is 2. The smallest absolute Gasteiger partial charge is 0.298 e. The molecule has 0 spiro atoms. The third kappa shape index (κ3) is 4.45. The van der Waals surface area contributed by atoms with E-state index in [-0.39, 0.29) is 45.7 Å². The van der Waals surface area contributed by atoms with Gasteiger partial charge < -0.3 is 15.0 Å². The summed E-state index contributed by atoms with van der Waals surface area (Å²) in [5.41, 5.74) is 0.873. The van der Waals surface area contributed by atoms with E-state index >= 15 is 8.78 Å². The molecular weight excluding hydrogens is 516 g/mol. The molecule has 1 aliphatic rings. The van der Waals surface area contributed by atoms with E-state index < -0.39 is 17.7 Å². The number of anilines is 2. The average Bonchev–Trinajstić information content (AvgIpc) is 3.40. The molecule has 2 heterocycles. The van der Waals surface area contributed by atoms with Crippen molar-refractivity contribution in [3.05, 3.63) is 107 Å². The zero-order valence-corrected chi connectivity index (χ0v) is 21.9. The Morgan fingerprint density at radius 3 is 2.35 bits per heavy atom. The largest absolute Gasteiger partial charge is 0.495 e. The number of nitriles is 1. The monoisotopic (exact) mass is 541 g/mol. The van der Waals surface area contributed by atoms with Gasteiger partial charge in [0.25, 0.3) is 17.7 Å². The molecular formula is C30H25F2N5O3. The maximum absolute atomic E-state index is 15.1. The normalized spacial score (nSPS) is 16.7. The quantitative estimate of drug-likeness (QED) is 0.334. The SMILES string of the molecule is COc1ccc(C(=O)Nc2cnn3c2C(=O)N(c2ccc(C(F)(F)c4ccccc4)cc2)[C@H](C)[C@@H]3C)cc1C#N. The zero-order chi connectivity index (χ0) is 28.6. The minimum atomic E-state index is -3.20. The van der Waals surface area contributed by atoms with Crippen LogP contribution in [0, 0.1) is 11.3 Å². The first-order chi connectivity index (χ1) is 19.2. The molecule has 1 N–H and O–H groups in total. The van der Waals surface area contributed by atoms with E-state index in [4.69, 9.17) is 4.74 Å². The Labute approximate surface area is 229 Å². The summed E-state index contributed by atoms with van der Waals surface area (Å²) in [6.07, 6.45) is 1.40. The zero-order valence-electron chi connectivity index (χ0n) is 21.9. The Morgan fingerprint density at radius 1 is 1.02 bits per heavy atom. The van der Waals surface area contributed by atoms with Crippen molar-refractivity contribution in [2.75, 3.05) is 17.3 Å². The first-order valence-electron chi connectivity index (χ1n) is 12.5. The maximum Gasteiger partial charge on any atom is 0.298 e. The van der Waals surface area contributed by atoms with E-state index in [1.54, 1.807) is 22.9 Å². The van der Waals surface area contributed by atoms with E-state index in [1.807, 2.05) is 19.9 Å². The number of amides is 2. The molecule has 0 radical (unpaired) electrons. The molecule has 10 heteroatoms. The van der Waals surface area contributed by atoms with Gasteiger partial charge in [0.15, 0.2) is 5.69 Å². The third-order valence-corrected chi connectivity index (χ3v) is 7.18. The first kappa shape index (κ1) is 26.6. The number of halogens is 2. The van der Waals surface area contributed by atoms with Crippen molar-refractivity contribution in [3.63, 3.8) is 0 Å². The highest BCUT2D eigenvalue weighted by molar-refractivity contribution is 6.13. The van der Waals surface area contributed by atoms with Gasteiger partial charge in [0.05, 0.1) is 36.6 Å². The summed E-state index contributed by atoms with van der Waals surface area (Å²) in [6, 6.07) is 18.9. The lowest BCUT2D eigenvalue weighted by molar-refractivity contribution is 0.0428. The van der Waals surface area contributed by atoms with Gasteiger partial charge in [-0.15, -0.1) is 0 Å². The van der Waals surface area contributed by atoms with Crippen LogP contribution in [0.25, 0.3) is 0 Å². The molecule has 1 aliphatic heterocycles. The van der Waals surface area contributed by atoms with Crippen LogP contribution in [-0.2, 0) is 5.92 Å². The van der Waals surface area contributed by atoms with Crippen LogP contribution in [0.5, 0.6) is 5.75 Å². The van der Waals surface area contributed by atoms with Crippen LogP contribution in [0.1, 0.15) is 57.4 Å². The van der Waals surface area contributed by atoms with E-state index in [0.29, 0.717) is 11.4 Å². The Bertz CT molecular complexity index is 1630. The number of fused-ring (bicyclic) bond motifs is 1. The molecule has 0 aliphatic carbocycles. The minimum absolute atomic E-state index is 0.123. The van der Waals surface area contributed by atoms with Gasteiger partial charge in [-0.25, -0.2) is 0 Å². The first-order valence-corrected chi connectivity index (χ1v) is 12.5. The van der Waals surface area contributed by atoms with Crippen molar-refractivity contribution in [3.8, 4) is 11.8 Å². The standard InChI is InChI=1S/C30H25F2N5O3/c1-18-19(2)37-27(25(17-34-37)35-28(38)20-9-14-26(40-3)21(15-20)16-33)29(39)36(18)24-12-10-23(11-13-24)30(31,32)22-7-5-4-6-8-22/h4-15,17-19H,1-3H3,(H,35,38)/t18-,19+/m1/s1. The Kier molecular flexibility index (Phi) is 6.81. The number of aromatic nitrogens is 2. The van der Waals surface area contributed by atoms with Crippen molar-refractivity contribution >= 4 is 23.2 Å². The molecule has 3 aromatic carbocycles. The molecule has 0 fully saturated rings. The minimum Gasteiger partial charge on any atom is -0.495 e. The summed E-state index contributed by atoms with van der Waals surface area (Å²) in [4.78, 5) is 28.3. The Morgan fingerprint density at radius 2 is 1.70 bits per heavy atom. The number of hydrogen-bond acceptors (Lipinski definition) is 5. The molecule has 40 heavy (non-hydrogen) atoms. The van der Waals surface area contributed by atoms with E-state index in [9.17, 15) is 14.9 Å². The average molecular weight is 542 g/mol. The second kappa shape index (κ2) is 10.3. The topological polar surface area (TPSA) is 100 Å². The lowest BCUT2D eigenvalue weighted by Crippen LogP contribution is -2.49. The van der Waals surface area contributed by atoms with Gasteiger partial charge in [0.1, 0.15) is 11.8 Å². The number of carbonyl (C=O) groups excluding carboxylic acids is 2. The van der Waals surface area contributed by atoms with Crippen LogP contribution in [0.15, 0.2) is 79.0 Å². The van der Waals surface area contributed by atoms with Crippen molar-refractivity contribution in [1.29, 1.82) is 5.26 Å². The van der Waals surface area contributed by atoms with Crippen molar-refractivity contribution in [2.24, 2.45) is 0 Å². The molecule has 0 saturated carbocycles. The van der Waals surface area contributed by atoms with Crippen molar-refractivity contribution in [1.82, 2.24) is 9.78 Å². The van der Waals surface area contributed by atoms with Gasteiger partial charge in [-0.05, 0) is 44.2 Å². The van der Waals surface area contributed by atoms with Gasteiger partial charge in [0, 0.05) is 22.4 Å². The molecule has 8 nitrogen and oxygen atoms in total. The molecule has 0 unspecified atom stereocenters. The molecule has 5 rings (SSSR count). The number of rotatable bonds is 6. The summed E-state index contributed by atoms with van der Waals surface area (Å²) in [5, 5.41) is 16.4. The van der Waals surface area contributed by atoms with Crippen LogP contribution in [-0.4, -0.2) is 34.7 Å². The van der Waals surface area contributed by atoms with Gasteiger partial charge >= 0.3 is 0 Å². The highest BCUT2D eigenvalue weighted by Crippen LogP contribution is 2.38. The number of hydrogen-bond donors (Lipinski definition) is 1. The van der Waals surface area contributed by atoms with Crippen LogP contribution < -0.4 is 15.0 Å². The van der Waals surface area contributed by atoms with Crippen LogP contribution in [0.3, 0.4) is 0 Å². The third-order valence-electron chi connectivity index (χ3n) is 7.18. The Balaban J connectivity index is 1.44. The maximum atomic E-state index is 15.1. The van der Waals surface area contributed by atoms with E-state index in [0.717, 1.165) is 0 Å². The summed E-state index contributed by atoms with van der Waals surface area (Å²) in [7, 11) is 1.43. The van der Waals surface area contributed by atoms with Crippen LogP contribution in [0.2, 0.25) is 0 Å². The van der Waals surface area contributed by atoms with Crippen molar-refractivity contribution < 1.29 is 23.1 Å². The molecule has 4 aromatic rings. The molecule has 2 atom stereocenters. The van der Waals surface area contributed by atoms with Crippen LogP contribution in [0.4, 0.5) is 20.2 Å². The lowest BCUT2D eigenvalue weighted by atomic mass is 9.99. The lowest BCUT2D eigenvalue weighted by Gasteiger charge is -2.38. The fraction of sp³-hybridized carbons (Fsp3) is 0.200. The summed E-state index contributed by atoms with van der Waals surface area (Å²) >= 11 is 0. The predicted octanol–water partition coefficient (Wildman–Crippen LogP) is 5.77. The second-order valence-corrected chi connectivity index (χ2v) is 9.48. The number of carbonyl (C=O) groups is 2. The molecule has 1 aromatic heterocycles. The molecule has 0 bridgehead atoms. The summed E-state index contributed by atoms with van der Waals surface area (Å²) < 4.78 is 36.8. The highest BCUT2D eigenvalue weighted by Gasteiger charge is 2.40. The summed E-state index contributed by atoms with van der Waals surface area (Å²) in [5.74, 6) is -3.84. The fourth-order valence-corrected chi connectivity index (χ4v) is 4.82. The van der Waals surface area contributed by atoms with Gasteiger partial charge in [-0.2, -0.15) is 19.1 Å². The predicted molar refractivity (Wildman–Crippen MR) is 145 cm³/mol. The molecule has 202 valence electrons. The van der Waals surface area contributed by atoms with E-state index in [2.05, 4.69) is 10.4 Å².